The van der Waals surface area contributed by atoms with Crippen LogP contribution in [-0.4, -0.2) is 23.3 Å². The lowest BCUT2D eigenvalue weighted by Gasteiger charge is -2.07. The maximum absolute atomic E-state index is 6.07. The average Bonchev–Trinajstić information content (AvgIpc) is 3.06. The third-order valence-electron chi connectivity index (χ3n) is 3.18. The highest BCUT2D eigenvalue weighted by molar-refractivity contribution is 7.13. The number of methoxy groups -OCH3 is 1. The van der Waals surface area contributed by atoms with Crippen LogP contribution in [0.15, 0.2) is 35.7 Å². The van der Waals surface area contributed by atoms with Gasteiger partial charge in [-0.05, 0) is 36.1 Å². The number of nitrogens with zero attached hydrogens (tertiary/aromatic N) is 2. The van der Waals surface area contributed by atoms with E-state index in [4.69, 9.17) is 21.3 Å². The second-order valence-corrected chi connectivity index (χ2v) is 5.93. The number of imidazole rings is 1. The molecule has 2 aromatic heterocycles. The molecule has 2 heterocycles. The van der Waals surface area contributed by atoms with Gasteiger partial charge in [0, 0.05) is 25.3 Å². The van der Waals surface area contributed by atoms with Crippen molar-refractivity contribution in [3.63, 3.8) is 0 Å². The van der Waals surface area contributed by atoms with E-state index >= 15 is 0 Å². The molecule has 0 saturated carbocycles. The van der Waals surface area contributed by atoms with Gasteiger partial charge >= 0.3 is 0 Å². The monoisotopic (exact) mass is 306 g/mol. The van der Waals surface area contributed by atoms with Gasteiger partial charge in [0.15, 0.2) is 5.82 Å². The molecule has 0 unspecified atom stereocenters. The largest absolute Gasteiger partial charge is 0.385 e. The van der Waals surface area contributed by atoms with Gasteiger partial charge in [0.05, 0.1) is 15.9 Å². The number of hydrogen-bond donors (Lipinski definition) is 0. The van der Waals surface area contributed by atoms with Crippen LogP contribution < -0.4 is 0 Å². The summed E-state index contributed by atoms with van der Waals surface area (Å²) < 4.78 is 7.40. The Labute approximate surface area is 126 Å². The van der Waals surface area contributed by atoms with Crippen molar-refractivity contribution < 1.29 is 4.74 Å². The summed E-state index contributed by atoms with van der Waals surface area (Å²) in [5.41, 5.74) is 2.06. The van der Waals surface area contributed by atoms with Crippen molar-refractivity contribution in [3.8, 4) is 10.7 Å². The fraction of sp³-hybridized carbons (Fsp3) is 0.267. The summed E-state index contributed by atoms with van der Waals surface area (Å²) >= 11 is 7.77. The number of ether oxygens (including phenoxy) is 1. The lowest BCUT2D eigenvalue weighted by atomic mass is 10.3. The molecule has 0 N–H and O–H groups in total. The fourth-order valence-electron chi connectivity index (χ4n) is 2.29. The minimum atomic E-state index is 0.719. The summed E-state index contributed by atoms with van der Waals surface area (Å²) in [4.78, 5) is 5.92. The van der Waals surface area contributed by atoms with E-state index in [1.807, 2.05) is 24.3 Å². The first-order chi connectivity index (χ1) is 9.79. The van der Waals surface area contributed by atoms with Crippen molar-refractivity contribution in [1.82, 2.24) is 9.55 Å². The van der Waals surface area contributed by atoms with E-state index in [1.165, 1.54) is 4.88 Å². The molecule has 0 saturated heterocycles. The lowest BCUT2D eigenvalue weighted by molar-refractivity contribution is 0.191. The molecule has 20 heavy (non-hydrogen) atoms. The smallest absolute Gasteiger partial charge is 0.151 e. The number of benzene rings is 1. The maximum Gasteiger partial charge on any atom is 0.151 e. The summed E-state index contributed by atoms with van der Waals surface area (Å²) in [6.07, 6.45) is 0.961. The zero-order valence-corrected chi connectivity index (χ0v) is 12.7. The van der Waals surface area contributed by atoms with Crippen LogP contribution in [0, 0.1) is 0 Å². The van der Waals surface area contributed by atoms with E-state index in [0.717, 1.165) is 41.5 Å². The molecule has 0 aliphatic carbocycles. The van der Waals surface area contributed by atoms with Crippen molar-refractivity contribution in [1.29, 1.82) is 0 Å². The summed E-state index contributed by atoms with van der Waals surface area (Å²) in [5.74, 6) is 1.01. The SMILES string of the molecule is COCCCn1c(-c2cccs2)nc2cc(Cl)ccc21. The van der Waals surface area contributed by atoms with Crippen LogP contribution in [0.4, 0.5) is 0 Å². The van der Waals surface area contributed by atoms with E-state index in [1.54, 1.807) is 18.4 Å². The zero-order chi connectivity index (χ0) is 13.9. The van der Waals surface area contributed by atoms with Crippen LogP contribution in [0.1, 0.15) is 6.42 Å². The quantitative estimate of drug-likeness (QED) is 0.651. The Kier molecular flexibility index (Phi) is 4.05. The number of thiophene rings is 1. The number of fused-ring (bicyclic) bond motifs is 1. The Hall–Kier alpha value is -1.36. The molecule has 0 fully saturated rings. The van der Waals surface area contributed by atoms with Gasteiger partial charge in [-0.25, -0.2) is 4.98 Å². The third-order valence-corrected chi connectivity index (χ3v) is 4.28. The second-order valence-electron chi connectivity index (χ2n) is 4.54. The minimum Gasteiger partial charge on any atom is -0.385 e. The molecule has 1 aromatic carbocycles. The van der Waals surface area contributed by atoms with Crippen molar-refractivity contribution in [2.45, 2.75) is 13.0 Å². The van der Waals surface area contributed by atoms with Gasteiger partial charge in [-0.1, -0.05) is 17.7 Å². The Morgan fingerprint density at radius 2 is 2.25 bits per heavy atom. The molecular weight excluding hydrogens is 292 g/mol. The summed E-state index contributed by atoms with van der Waals surface area (Å²) in [7, 11) is 1.73. The van der Waals surface area contributed by atoms with Crippen LogP contribution in [0.5, 0.6) is 0 Å². The van der Waals surface area contributed by atoms with Crippen molar-refractivity contribution in [3.05, 3.63) is 40.7 Å². The predicted molar refractivity (Wildman–Crippen MR) is 84.5 cm³/mol. The molecule has 0 spiro atoms. The topological polar surface area (TPSA) is 27.1 Å². The zero-order valence-electron chi connectivity index (χ0n) is 11.2. The molecule has 104 valence electrons. The molecule has 0 aliphatic heterocycles. The standard InChI is InChI=1S/C15H15ClN2OS/c1-19-8-3-7-18-13-6-5-11(16)10-12(13)17-15(18)14-4-2-9-20-14/h2,4-6,9-10H,3,7-8H2,1H3. The van der Waals surface area contributed by atoms with Crippen LogP contribution in [0.3, 0.4) is 0 Å². The van der Waals surface area contributed by atoms with E-state index in [-0.39, 0.29) is 0 Å². The second kappa shape index (κ2) is 5.95. The molecule has 3 aromatic rings. The molecular formula is C15H15ClN2OS. The summed E-state index contributed by atoms with van der Waals surface area (Å²) in [6, 6.07) is 10.0. The first-order valence-corrected chi connectivity index (χ1v) is 7.74. The number of hydrogen-bond acceptors (Lipinski definition) is 3. The Bertz CT molecular complexity index is 706. The lowest BCUT2D eigenvalue weighted by Crippen LogP contribution is -2.03. The van der Waals surface area contributed by atoms with Gasteiger partial charge in [-0.3, -0.25) is 0 Å². The molecule has 0 aliphatic rings. The van der Waals surface area contributed by atoms with Crippen molar-refractivity contribution in [2.75, 3.05) is 13.7 Å². The minimum absolute atomic E-state index is 0.719. The molecule has 0 amide bonds. The van der Waals surface area contributed by atoms with E-state index in [9.17, 15) is 0 Å². The molecule has 3 rings (SSSR count). The highest BCUT2D eigenvalue weighted by Gasteiger charge is 2.13. The van der Waals surface area contributed by atoms with Gasteiger partial charge in [-0.15, -0.1) is 11.3 Å². The molecule has 3 nitrogen and oxygen atoms in total. The average molecular weight is 307 g/mol. The van der Waals surface area contributed by atoms with Crippen LogP contribution in [0.25, 0.3) is 21.7 Å². The number of rotatable bonds is 5. The predicted octanol–water partition coefficient (Wildman–Crippen LogP) is 4.45. The molecule has 0 bridgehead atoms. The number of aromatic nitrogens is 2. The first kappa shape index (κ1) is 13.6. The fourth-order valence-corrected chi connectivity index (χ4v) is 3.18. The van der Waals surface area contributed by atoms with Gasteiger partial charge in [0.25, 0.3) is 0 Å². The highest BCUT2D eigenvalue weighted by atomic mass is 35.5. The molecule has 0 radical (unpaired) electrons. The van der Waals surface area contributed by atoms with Crippen LogP contribution in [-0.2, 0) is 11.3 Å². The van der Waals surface area contributed by atoms with Gasteiger partial charge in [0.1, 0.15) is 0 Å². The van der Waals surface area contributed by atoms with Gasteiger partial charge in [-0.2, -0.15) is 0 Å². The Balaban J connectivity index is 2.09. The highest BCUT2D eigenvalue weighted by Crippen LogP contribution is 2.29. The van der Waals surface area contributed by atoms with E-state index in [2.05, 4.69) is 16.0 Å². The third kappa shape index (κ3) is 2.59. The summed E-state index contributed by atoms with van der Waals surface area (Å²) in [6.45, 7) is 1.64. The van der Waals surface area contributed by atoms with Gasteiger partial charge in [0.2, 0.25) is 0 Å². The van der Waals surface area contributed by atoms with Crippen molar-refractivity contribution in [2.24, 2.45) is 0 Å². The molecule has 0 atom stereocenters. The van der Waals surface area contributed by atoms with Crippen LogP contribution >= 0.6 is 22.9 Å². The molecule has 5 heteroatoms. The summed E-state index contributed by atoms with van der Waals surface area (Å²) in [5, 5.41) is 2.79. The number of aryl methyl sites for hydroxylation is 1. The van der Waals surface area contributed by atoms with E-state index < -0.39 is 0 Å². The normalized spacial score (nSPS) is 11.3. The van der Waals surface area contributed by atoms with Gasteiger partial charge < -0.3 is 9.30 Å². The number of halogens is 1. The Morgan fingerprint density at radius 1 is 1.35 bits per heavy atom. The van der Waals surface area contributed by atoms with Crippen molar-refractivity contribution >= 4 is 34.0 Å². The van der Waals surface area contributed by atoms with E-state index in [0.29, 0.717) is 0 Å². The first-order valence-electron chi connectivity index (χ1n) is 6.48. The maximum atomic E-state index is 6.07. The Morgan fingerprint density at radius 3 is 3.00 bits per heavy atom. The van der Waals surface area contributed by atoms with Crippen LogP contribution in [0.2, 0.25) is 5.02 Å².